The Morgan fingerprint density at radius 2 is 1.97 bits per heavy atom. The molecule has 0 radical (unpaired) electrons. The molecule has 158 valence electrons. The normalized spacial score (nSPS) is 17.8. The molecule has 2 heterocycles. The molecule has 1 aliphatic carbocycles. The van der Waals surface area contributed by atoms with Crippen LogP contribution in [0.25, 0.3) is 11.4 Å². The number of ether oxygens (including phenoxy) is 1. The molecule has 0 unspecified atom stereocenters. The van der Waals surface area contributed by atoms with Crippen LogP contribution in [0, 0.1) is 5.41 Å². The molecular weight excluding hydrogens is 386 g/mol. The van der Waals surface area contributed by atoms with Crippen molar-refractivity contribution in [2.75, 3.05) is 19.0 Å². The molecule has 2 fully saturated rings. The van der Waals surface area contributed by atoms with Crippen LogP contribution in [0.5, 0.6) is 0 Å². The van der Waals surface area contributed by atoms with Crippen LogP contribution in [0.1, 0.15) is 44.3 Å². The third kappa shape index (κ3) is 3.97. The molecule has 2 aromatic rings. The van der Waals surface area contributed by atoms with Gasteiger partial charge < -0.3 is 10.1 Å². The first-order chi connectivity index (χ1) is 14.5. The van der Waals surface area contributed by atoms with E-state index in [9.17, 15) is 14.4 Å². The third-order valence-electron chi connectivity index (χ3n) is 5.85. The van der Waals surface area contributed by atoms with E-state index in [1.807, 2.05) is 12.1 Å². The number of benzene rings is 1. The number of carbonyl (C=O) groups excluding carboxylic acids is 3. The number of aromatic amines is 1. The number of nitrogens with one attached hydrogen (secondary N) is 2. The van der Waals surface area contributed by atoms with Crippen LogP contribution in [0.4, 0.5) is 5.69 Å². The van der Waals surface area contributed by atoms with Crippen molar-refractivity contribution in [3.8, 4) is 11.4 Å². The number of imide groups is 1. The Morgan fingerprint density at radius 3 is 2.67 bits per heavy atom. The summed E-state index contributed by atoms with van der Waals surface area (Å²) in [6.07, 6.45) is 3.92. The van der Waals surface area contributed by atoms with Gasteiger partial charge in [-0.2, -0.15) is 5.10 Å². The zero-order valence-corrected chi connectivity index (χ0v) is 16.9. The zero-order valence-electron chi connectivity index (χ0n) is 16.9. The number of aromatic nitrogens is 3. The number of hydrogen-bond donors (Lipinski definition) is 2. The van der Waals surface area contributed by atoms with E-state index in [4.69, 9.17) is 4.74 Å². The van der Waals surface area contributed by atoms with Gasteiger partial charge in [-0.3, -0.25) is 24.4 Å². The summed E-state index contributed by atoms with van der Waals surface area (Å²) in [4.78, 5) is 42.9. The van der Waals surface area contributed by atoms with E-state index in [0.717, 1.165) is 31.2 Å². The molecule has 1 aromatic carbocycles. The van der Waals surface area contributed by atoms with Crippen LogP contribution in [-0.2, 0) is 25.7 Å². The number of methoxy groups -OCH3 is 1. The number of amides is 3. The third-order valence-corrected chi connectivity index (χ3v) is 5.85. The minimum Gasteiger partial charge on any atom is -0.377 e. The molecular formula is C21H25N5O4. The molecule has 0 bridgehead atoms. The molecule has 1 aliphatic heterocycles. The number of carbonyl (C=O) groups is 3. The molecule has 4 rings (SSSR count). The molecule has 1 spiro atoms. The Morgan fingerprint density at radius 1 is 1.23 bits per heavy atom. The van der Waals surface area contributed by atoms with Crippen LogP contribution in [0.3, 0.4) is 0 Å². The second-order valence-electron chi connectivity index (χ2n) is 7.93. The van der Waals surface area contributed by atoms with Crippen molar-refractivity contribution >= 4 is 23.4 Å². The van der Waals surface area contributed by atoms with Crippen molar-refractivity contribution in [1.29, 1.82) is 0 Å². The molecule has 2 aliphatic rings. The Balaban J connectivity index is 1.31. The summed E-state index contributed by atoms with van der Waals surface area (Å²) in [5, 5.41) is 9.75. The van der Waals surface area contributed by atoms with Crippen molar-refractivity contribution in [2.45, 2.75) is 45.1 Å². The topological polar surface area (TPSA) is 117 Å². The smallest absolute Gasteiger partial charge is 0.235 e. The quantitative estimate of drug-likeness (QED) is 0.675. The summed E-state index contributed by atoms with van der Waals surface area (Å²) < 4.78 is 5.01. The summed E-state index contributed by atoms with van der Waals surface area (Å²) in [5.41, 5.74) is 0.941. The van der Waals surface area contributed by atoms with Crippen LogP contribution in [0.15, 0.2) is 24.3 Å². The largest absolute Gasteiger partial charge is 0.377 e. The lowest BCUT2D eigenvalue weighted by molar-refractivity contribution is -0.141. The molecule has 1 aromatic heterocycles. The van der Waals surface area contributed by atoms with Crippen molar-refractivity contribution in [2.24, 2.45) is 5.41 Å². The highest BCUT2D eigenvalue weighted by molar-refractivity contribution is 6.06. The van der Waals surface area contributed by atoms with Crippen molar-refractivity contribution in [3.05, 3.63) is 30.1 Å². The van der Waals surface area contributed by atoms with Gasteiger partial charge in [0.15, 0.2) is 11.6 Å². The van der Waals surface area contributed by atoms with Gasteiger partial charge in [0.25, 0.3) is 0 Å². The van der Waals surface area contributed by atoms with Gasteiger partial charge in [-0.05, 0) is 37.1 Å². The predicted molar refractivity (Wildman–Crippen MR) is 108 cm³/mol. The Hall–Kier alpha value is -3.07. The van der Waals surface area contributed by atoms with E-state index in [-0.39, 0.29) is 30.7 Å². The van der Waals surface area contributed by atoms with E-state index in [1.165, 1.54) is 4.90 Å². The first-order valence-corrected chi connectivity index (χ1v) is 10.2. The minimum atomic E-state index is -0.493. The standard InChI is InChI=1S/C21H25N5O4/c1-30-13-16-23-19(25-24-16)14-4-6-15(7-5-14)22-17(27)8-11-26-18(28)12-21(20(26)29)9-2-3-10-21/h4-7H,2-3,8-13H2,1H3,(H,22,27)(H,23,24,25). The summed E-state index contributed by atoms with van der Waals surface area (Å²) >= 11 is 0. The molecule has 0 atom stereocenters. The number of hydrogen-bond acceptors (Lipinski definition) is 6. The van der Waals surface area contributed by atoms with Gasteiger partial charge in [0, 0.05) is 37.7 Å². The lowest BCUT2D eigenvalue weighted by Crippen LogP contribution is -2.36. The molecule has 1 saturated heterocycles. The van der Waals surface area contributed by atoms with E-state index in [0.29, 0.717) is 30.4 Å². The highest BCUT2D eigenvalue weighted by Gasteiger charge is 2.52. The van der Waals surface area contributed by atoms with Crippen molar-refractivity contribution in [1.82, 2.24) is 20.1 Å². The Kier molecular flexibility index (Phi) is 5.63. The monoisotopic (exact) mass is 411 g/mol. The van der Waals surface area contributed by atoms with E-state index in [2.05, 4.69) is 20.5 Å². The zero-order chi connectivity index (χ0) is 21.1. The second kappa shape index (κ2) is 8.35. The maximum absolute atomic E-state index is 12.7. The summed E-state index contributed by atoms with van der Waals surface area (Å²) in [6.45, 7) is 0.479. The van der Waals surface area contributed by atoms with Crippen LogP contribution >= 0.6 is 0 Å². The molecule has 1 saturated carbocycles. The van der Waals surface area contributed by atoms with E-state index in [1.54, 1.807) is 19.2 Å². The van der Waals surface area contributed by atoms with Gasteiger partial charge in [0.1, 0.15) is 6.61 Å². The Labute approximate surface area is 174 Å². The first kappa shape index (κ1) is 20.2. The number of nitrogens with zero attached hydrogens (tertiary/aromatic N) is 3. The van der Waals surface area contributed by atoms with Gasteiger partial charge in [-0.1, -0.05) is 12.8 Å². The van der Waals surface area contributed by atoms with Gasteiger partial charge in [0.05, 0.1) is 5.41 Å². The fourth-order valence-corrected chi connectivity index (χ4v) is 4.29. The number of likely N-dealkylation sites (tertiary alicyclic amines) is 1. The Bertz CT molecular complexity index is 947. The lowest BCUT2D eigenvalue weighted by atomic mass is 9.84. The van der Waals surface area contributed by atoms with Crippen molar-refractivity contribution < 1.29 is 19.1 Å². The molecule has 30 heavy (non-hydrogen) atoms. The highest BCUT2D eigenvalue weighted by atomic mass is 16.5. The van der Waals surface area contributed by atoms with Crippen LogP contribution in [0.2, 0.25) is 0 Å². The average molecular weight is 411 g/mol. The van der Waals surface area contributed by atoms with Crippen molar-refractivity contribution in [3.63, 3.8) is 0 Å². The molecule has 3 amide bonds. The summed E-state index contributed by atoms with van der Waals surface area (Å²) in [7, 11) is 1.59. The van der Waals surface area contributed by atoms with Gasteiger partial charge >= 0.3 is 0 Å². The molecule has 2 N–H and O–H groups in total. The molecule has 9 nitrogen and oxygen atoms in total. The van der Waals surface area contributed by atoms with E-state index >= 15 is 0 Å². The average Bonchev–Trinajstić information content (AvgIpc) is 3.44. The minimum absolute atomic E-state index is 0.0800. The van der Waals surface area contributed by atoms with Crippen LogP contribution in [-0.4, -0.2) is 51.5 Å². The molecule has 9 heteroatoms. The summed E-state index contributed by atoms with van der Waals surface area (Å²) in [6, 6.07) is 7.15. The fourth-order valence-electron chi connectivity index (χ4n) is 4.29. The highest BCUT2D eigenvalue weighted by Crippen LogP contribution is 2.46. The lowest BCUT2D eigenvalue weighted by Gasteiger charge is -2.20. The maximum Gasteiger partial charge on any atom is 0.235 e. The summed E-state index contributed by atoms with van der Waals surface area (Å²) in [5.74, 6) is 0.693. The van der Waals surface area contributed by atoms with Crippen LogP contribution < -0.4 is 5.32 Å². The number of anilines is 1. The second-order valence-corrected chi connectivity index (χ2v) is 7.93. The van der Waals surface area contributed by atoms with Gasteiger partial charge in [-0.15, -0.1) is 0 Å². The van der Waals surface area contributed by atoms with E-state index < -0.39 is 5.41 Å². The number of rotatable bonds is 7. The first-order valence-electron chi connectivity index (χ1n) is 10.2. The van der Waals surface area contributed by atoms with Gasteiger partial charge in [-0.25, -0.2) is 4.98 Å². The number of H-pyrrole nitrogens is 1. The fraction of sp³-hybridized carbons (Fsp3) is 0.476. The predicted octanol–water partition coefficient (Wildman–Crippen LogP) is 2.27. The SMILES string of the molecule is COCc1nc(-c2ccc(NC(=O)CCN3C(=O)CC4(CCCC4)C3=O)cc2)n[nH]1. The van der Waals surface area contributed by atoms with Gasteiger partial charge in [0.2, 0.25) is 17.7 Å². The maximum atomic E-state index is 12.7.